The third-order valence-electron chi connectivity index (χ3n) is 3.61. The van der Waals surface area contributed by atoms with Crippen molar-refractivity contribution in [3.05, 3.63) is 56.9 Å². The van der Waals surface area contributed by atoms with Crippen LogP contribution in [0.4, 0.5) is 5.13 Å². The number of esters is 1. The van der Waals surface area contributed by atoms with Crippen LogP contribution in [0, 0.1) is 12.8 Å². The summed E-state index contributed by atoms with van der Waals surface area (Å²) in [4.78, 5) is 41.1. The number of rotatable bonds is 5. The molecule has 2 aromatic heterocycles. The molecule has 8 heteroatoms. The van der Waals surface area contributed by atoms with E-state index >= 15 is 0 Å². The second kappa shape index (κ2) is 7.71. The molecule has 27 heavy (non-hydrogen) atoms. The monoisotopic (exact) mass is 386 g/mol. The second-order valence-electron chi connectivity index (χ2n) is 6.35. The maximum Gasteiger partial charge on any atom is 0.350 e. The van der Waals surface area contributed by atoms with Crippen LogP contribution in [0.25, 0.3) is 11.0 Å². The summed E-state index contributed by atoms with van der Waals surface area (Å²) in [6.45, 7) is 5.85. The molecule has 0 bridgehead atoms. The van der Waals surface area contributed by atoms with Crippen LogP contribution in [0.3, 0.4) is 0 Å². The predicted molar refractivity (Wildman–Crippen MR) is 102 cm³/mol. The van der Waals surface area contributed by atoms with Gasteiger partial charge in [0.1, 0.15) is 10.5 Å². The van der Waals surface area contributed by atoms with Crippen molar-refractivity contribution in [1.29, 1.82) is 0 Å². The minimum Gasteiger partial charge on any atom is -0.461 e. The number of fused-ring (bicyclic) bond motifs is 1. The molecule has 3 aromatic rings. The number of amides is 1. The average Bonchev–Trinajstić information content (AvgIpc) is 2.99. The van der Waals surface area contributed by atoms with Gasteiger partial charge in [0.05, 0.1) is 17.7 Å². The first-order valence-corrected chi connectivity index (χ1v) is 9.15. The molecule has 7 nitrogen and oxygen atoms in total. The van der Waals surface area contributed by atoms with Crippen LogP contribution in [0.2, 0.25) is 0 Å². The van der Waals surface area contributed by atoms with Gasteiger partial charge in [0.25, 0.3) is 5.91 Å². The van der Waals surface area contributed by atoms with Crippen LogP contribution in [-0.2, 0) is 4.74 Å². The topological polar surface area (TPSA) is 98.5 Å². The van der Waals surface area contributed by atoms with Gasteiger partial charge in [-0.05, 0) is 25.0 Å². The van der Waals surface area contributed by atoms with Crippen molar-refractivity contribution in [2.45, 2.75) is 20.8 Å². The van der Waals surface area contributed by atoms with Crippen molar-refractivity contribution in [3.8, 4) is 0 Å². The van der Waals surface area contributed by atoms with Crippen LogP contribution in [0.1, 0.15) is 39.8 Å². The SMILES string of the molecule is Cc1nc(NC(=O)c2cc(=O)c3ccccc3o2)sc1C(=O)OCC(C)C. The second-order valence-corrected chi connectivity index (χ2v) is 7.35. The minimum absolute atomic E-state index is 0.129. The Labute approximate surface area is 159 Å². The lowest BCUT2D eigenvalue weighted by Gasteiger charge is -2.05. The van der Waals surface area contributed by atoms with E-state index < -0.39 is 11.9 Å². The van der Waals surface area contributed by atoms with Crippen molar-refractivity contribution >= 4 is 39.3 Å². The number of benzene rings is 1. The number of aryl methyl sites for hydroxylation is 1. The zero-order valence-corrected chi connectivity index (χ0v) is 15.9. The lowest BCUT2D eigenvalue weighted by atomic mass is 10.2. The van der Waals surface area contributed by atoms with E-state index in [1.165, 1.54) is 0 Å². The summed E-state index contributed by atoms with van der Waals surface area (Å²) in [5.41, 5.74) is 0.475. The third kappa shape index (κ3) is 4.22. The number of nitrogens with one attached hydrogen (secondary N) is 1. The Morgan fingerprint density at radius 2 is 2.04 bits per heavy atom. The number of anilines is 1. The number of nitrogens with zero attached hydrogens (tertiary/aromatic N) is 1. The van der Waals surface area contributed by atoms with Crippen molar-refractivity contribution < 1.29 is 18.7 Å². The number of carbonyl (C=O) groups excluding carboxylic acids is 2. The van der Waals surface area contributed by atoms with Crippen molar-refractivity contribution in [3.63, 3.8) is 0 Å². The fourth-order valence-corrected chi connectivity index (χ4v) is 3.18. The number of aromatic nitrogens is 1. The molecular weight excluding hydrogens is 368 g/mol. The Morgan fingerprint density at radius 1 is 1.30 bits per heavy atom. The first-order chi connectivity index (χ1) is 12.8. The molecule has 2 heterocycles. The highest BCUT2D eigenvalue weighted by Crippen LogP contribution is 2.24. The Morgan fingerprint density at radius 3 is 2.78 bits per heavy atom. The highest BCUT2D eigenvalue weighted by molar-refractivity contribution is 7.17. The van der Waals surface area contributed by atoms with Crippen LogP contribution in [-0.4, -0.2) is 23.5 Å². The summed E-state index contributed by atoms with van der Waals surface area (Å²) in [5, 5.41) is 3.18. The van der Waals surface area contributed by atoms with Gasteiger partial charge in [0.2, 0.25) is 0 Å². The first-order valence-electron chi connectivity index (χ1n) is 8.34. The standard InChI is InChI=1S/C19H18N2O5S/c1-10(2)9-25-18(24)16-11(3)20-19(27-16)21-17(23)15-8-13(22)12-6-4-5-7-14(12)26-15/h4-8,10H,9H2,1-3H3,(H,20,21,23). The Bertz CT molecular complexity index is 1070. The van der Waals surface area contributed by atoms with Gasteiger partial charge in [0, 0.05) is 6.07 Å². The Hall–Kier alpha value is -3.00. The molecule has 1 N–H and O–H groups in total. The number of ether oxygens (including phenoxy) is 1. The summed E-state index contributed by atoms with van der Waals surface area (Å²) in [7, 11) is 0. The molecule has 0 aliphatic heterocycles. The molecule has 0 saturated carbocycles. The highest BCUT2D eigenvalue weighted by Gasteiger charge is 2.20. The minimum atomic E-state index is -0.617. The molecule has 140 valence electrons. The van der Waals surface area contributed by atoms with Gasteiger partial charge in [-0.3, -0.25) is 14.9 Å². The molecule has 0 unspecified atom stereocenters. The van der Waals surface area contributed by atoms with E-state index in [0.717, 1.165) is 17.4 Å². The molecule has 0 radical (unpaired) electrons. The van der Waals surface area contributed by atoms with Crippen molar-refractivity contribution in [2.75, 3.05) is 11.9 Å². The molecule has 0 fully saturated rings. The van der Waals surface area contributed by atoms with Crippen LogP contribution in [0.15, 0.2) is 39.5 Å². The summed E-state index contributed by atoms with van der Waals surface area (Å²) < 4.78 is 10.7. The average molecular weight is 386 g/mol. The smallest absolute Gasteiger partial charge is 0.350 e. The fraction of sp³-hybridized carbons (Fsp3) is 0.263. The van der Waals surface area contributed by atoms with Gasteiger partial charge in [-0.1, -0.05) is 37.3 Å². The van der Waals surface area contributed by atoms with Gasteiger partial charge >= 0.3 is 5.97 Å². The van der Waals surface area contributed by atoms with Gasteiger partial charge in [0.15, 0.2) is 16.3 Å². The highest BCUT2D eigenvalue weighted by atomic mass is 32.1. The predicted octanol–water partition coefficient (Wildman–Crippen LogP) is 3.62. The lowest BCUT2D eigenvalue weighted by Crippen LogP contribution is -2.14. The number of hydrogen-bond donors (Lipinski definition) is 1. The van der Waals surface area contributed by atoms with E-state index in [2.05, 4.69) is 10.3 Å². The maximum atomic E-state index is 12.4. The Kier molecular flexibility index (Phi) is 5.36. The quantitative estimate of drug-likeness (QED) is 0.673. The Balaban J connectivity index is 1.80. The molecule has 0 aliphatic carbocycles. The number of thiazole rings is 1. The van der Waals surface area contributed by atoms with Crippen LogP contribution in [0.5, 0.6) is 0 Å². The van der Waals surface area contributed by atoms with Crippen LogP contribution >= 0.6 is 11.3 Å². The molecule has 1 amide bonds. The lowest BCUT2D eigenvalue weighted by molar-refractivity contribution is 0.0463. The number of para-hydroxylation sites is 1. The zero-order chi connectivity index (χ0) is 19.6. The summed E-state index contributed by atoms with van der Waals surface area (Å²) in [6, 6.07) is 7.81. The van der Waals surface area contributed by atoms with Crippen molar-refractivity contribution in [1.82, 2.24) is 4.98 Å². The molecule has 0 spiro atoms. The molecule has 1 aromatic carbocycles. The van der Waals surface area contributed by atoms with E-state index in [1.54, 1.807) is 31.2 Å². The third-order valence-corrected chi connectivity index (χ3v) is 4.66. The summed E-state index contributed by atoms with van der Waals surface area (Å²) >= 11 is 1.01. The largest absolute Gasteiger partial charge is 0.461 e. The van der Waals surface area contributed by atoms with Crippen LogP contribution < -0.4 is 10.7 Å². The molecular formula is C19H18N2O5S. The number of carbonyl (C=O) groups is 2. The zero-order valence-electron chi connectivity index (χ0n) is 15.1. The summed E-state index contributed by atoms with van der Waals surface area (Å²) in [5.74, 6) is -1.00. The first kappa shape index (κ1) is 18.8. The molecule has 3 rings (SSSR count). The fourth-order valence-electron chi connectivity index (χ4n) is 2.32. The maximum absolute atomic E-state index is 12.4. The van der Waals surface area contributed by atoms with E-state index in [1.807, 2.05) is 13.8 Å². The van der Waals surface area contributed by atoms with Gasteiger partial charge in [-0.15, -0.1) is 0 Å². The summed E-state index contributed by atoms with van der Waals surface area (Å²) in [6.07, 6.45) is 0. The van der Waals surface area contributed by atoms with E-state index in [-0.39, 0.29) is 22.2 Å². The normalized spacial score (nSPS) is 11.0. The van der Waals surface area contributed by atoms with E-state index in [4.69, 9.17) is 9.15 Å². The molecule has 0 atom stereocenters. The molecule has 0 saturated heterocycles. The van der Waals surface area contributed by atoms with Gasteiger partial charge in [-0.25, -0.2) is 9.78 Å². The van der Waals surface area contributed by atoms with E-state index in [9.17, 15) is 14.4 Å². The number of hydrogen-bond acceptors (Lipinski definition) is 7. The van der Waals surface area contributed by atoms with Crippen molar-refractivity contribution in [2.24, 2.45) is 5.92 Å². The van der Waals surface area contributed by atoms with E-state index in [0.29, 0.717) is 28.1 Å². The van der Waals surface area contributed by atoms with Gasteiger partial charge in [-0.2, -0.15) is 0 Å². The van der Waals surface area contributed by atoms with Gasteiger partial charge < -0.3 is 9.15 Å². The molecule has 0 aliphatic rings.